The lowest BCUT2D eigenvalue weighted by molar-refractivity contribution is -0.258. The van der Waals surface area contributed by atoms with E-state index in [1.165, 1.54) is 5.57 Å². The Morgan fingerprint density at radius 2 is 1.67 bits per heavy atom. The molecule has 4 rings (SSSR count). The monoisotopic (exact) mass is 460 g/mol. The molecule has 4 N–H and O–H groups in total. The van der Waals surface area contributed by atoms with E-state index in [2.05, 4.69) is 47.6 Å². The Labute approximate surface area is 201 Å². The number of hydrogen-bond donors (Lipinski definition) is 4. The summed E-state index contributed by atoms with van der Waals surface area (Å²) in [5.74, 6) is 2.44. The third kappa shape index (κ3) is 3.45. The maximum absolute atomic E-state index is 12.2. The van der Waals surface area contributed by atoms with Crippen LogP contribution in [0.25, 0.3) is 0 Å². The van der Waals surface area contributed by atoms with Crippen LogP contribution in [0.5, 0.6) is 0 Å². The molecule has 0 aromatic carbocycles. The molecule has 4 aliphatic rings. The van der Waals surface area contributed by atoms with Gasteiger partial charge in [-0.1, -0.05) is 59.3 Å². The first-order valence-corrected chi connectivity index (χ1v) is 13.4. The van der Waals surface area contributed by atoms with Crippen molar-refractivity contribution >= 4 is 0 Å². The Kier molecular flexibility index (Phi) is 6.30. The molecular weight excluding hydrogens is 412 g/mol. The fourth-order valence-electron chi connectivity index (χ4n) is 8.62. The standard InChI is InChI=1S/C29H48O4/c1-17(2)20(5)18(3)14-19(4)22-8-9-23-24-15-25(31)29(33)16-21(30)10-11-27(29,7)28(24,32)13-12-26(22,23)6/h14-15,17,19-23,25,30-33H,8-13,16H2,1-7H3/b18-14+/t19-,20-,21+,22-,23+,25-,26-,27-,28-,29+/m1/s1. The van der Waals surface area contributed by atoms with E-state index in [-0.39, 0.29) is 17.8 Å². The van der Waals surface area contributed by atoms with Crippen molar-refractivity contribution in [2.75, 3.05) is 0 Å². The number of allylic oxidation sites excluding steroid dienone is 2. The zero-order chi connectivity index (χ0) is 24.6. The molecule has 0 radical (unpaired) electrons. The summed E-state index contributed by atoms with van der Waals surface area (Å²) < 4.78 is 0. The topological polar surface area (TPSA) is 80.9 Å². The highest BCUT2D eigenvalue weighted by Crippen LogP contribution is 2.69. The summed E-state index contributed by atoms with van der Waals surface area (Å²) in [7, 11) is 0. The van der Waals surface area contributed by atoms with Crippen LogP contribution in [0, 0.1) is 40.4 Å². The molecule has 0 bridgehead atoms. The molecule has 188 valence electrons. The second kappa shape index (κ2) is 8.18. The normalized spacial score (nSPS) is 49.7. The van der Waals surface area contributed by atoms with Crippen LogP contribution in [0.3, 0.4) is 0 Å². The summed E-state index contributed by atoms with van der Waals surface area (Å²) in [5, 5.41) is 45.3. The molecule has 0 amide bonds. The summed E-state index contributed by atoms with van der Waals surface area (Å²) in [4.78, 5) is 0. The average molecular weight is 461 g/mol. The first-order valence-electron chi connectivity index (χ1n) is 13.4. The predicted molar refractivity (Wildman–Crippen MR) is 132 cm³/mol. The van der Waals surface area contributed by atoms with Gasteiger partial charge >= 0.3 is 0 Å². The molecule has 0 aromatic heterocycles. The van der Waals surface area contributed by atoms with E-state index in [1.54, 1.807) is 6.08 Å². The van der Waals surface area contributed by atoms with Crippen LogP contribution >= 0.6 is 0 Å². The maximum Gasteiger partial charge on any atom is 0.105 e. The molecule has 4 aliphatic carbocycles. The summed E-state index contributed by atoms with van der Waals surface area (Å²) in [5.41, 5.74) is -0.942. The van der Waals surface area contributed by atoms with Crippen LogP contribution in [-0.4, -0.2) is 43.8 Å². The molecule has 0 spiro atoms. The van der Waals surface area contributed by atoms with E-state index < -0.39 is 28.8 Å². The van der Waals surface area contributed by atoms with Crippen LogP contribution < -0.4 is 0 Å². The minimum absolute atomic E-state index is 0.0784. The lowest BCUT2D eigenvalue weighted by Gasteiger charge is -2.65. The molecule has 0 saturated heterocycles. The predicted octanol–water partition coefficient (Wildman–Crippen LogP) is 5.00. The molecule has 0 heterocycles. The van der Waals surface area contributed by atoms with E-state index in [0.717, 1.165) is 24.8 Å². The highest BCUT2D eigenvalue weighted by atomic mass is 16.4. The van der Waals surface area contributed by atoms with E-state index in [0.29, 0.717) is 42.9 Å². The van der Waals surface area contributed by atoms with Crippen molar-refractivity contribution in [2.45, 2.75) is 117 Å². The lowest BCUT2D eigenvalue weighted by Crippen LogP contribution is -2.72. The lowest BCUT2D eigenvalue weighted by atomic mass is 9.43. The van der Waals surface area contributed by atoms with Crippen molar-refractivity contribution in [3.63, 3.8) is 0 Å². The first-order chi connectivity index (χ1) is 15.2. The average Bonchev–Trinajstić information content (AvgIpc) is 3.09. The largest absolute Gasteiger partial charge is 0.393 e. The zero-order valence-electron chi connectivity index (χ0n) is 21.9. The van der Waals surface area contributed by atoms with Crippen molar-refractivity contribution in [1.82, 2.24) is 0 Å². The molecule has 4 nitrogen and oxygen atoms in total. The molecular formula is C29H48O4. The number of hydrogen-bond acceptors (Lipinski definition) is 4. The number of aliphatic hydroxyl groups is 4. The van der Waals surface area contributed by atoms with Crippen LogP contribution in [0.4, 0.5) is 0 Å². The van der Waals surface area contributed by atoms with Crippen LogP contribution in [0.1, 0.15) is 93.4 Å². The van der Waals surface area contributed by atoms with Gasteiger partial charge in [0.2, 0.25) is 0 Å². The molecule has 0 unspecified atom stereocenters. The van der Waals surface area contributed by atoms with E-state index in [4.69, 9.17) is 0 Å². The van der Waals surface area contributed by atoms with Crippen molar-refractivity contribution in [3.8, 4) is 0 Å². The molecule has 3 saturated carbocycles. The second-order valence-corrected chi connectivity index (χ2v) is 13.1. The second-order valence-electron chi connectivity index (χ2n) is 13.1. The Morgan fingerprint density at radius 1 is 1.00 bits per heavy atom. The number of rotatable bonds is 4. The third-order valence-corrected chi connectivity index (χ3v) is 11.4. The minimum atomic E-state index is -1.49. The van der Waals surface area contributed by atoms with Gasteiger partial charge in [-0.25, -0.2) is 0 Å². The maximum atomic E-state index is 12.2. The molecule has 4 heteroatoms. The van der Waals surface area contributed by atoms with Gasteiger partial charge in [0.25, 0.3) is 0 Å². The van der Waals surface area contributed by atoms with Gasteiger partial charge in [-0.2, -0.15) is 0 Å². The Balaban J connectivity index is 1.68. The number of fused-ring (bicyclic) bond motifs is 5. The van der Waals surface area contributed by atoms with Gasteiger partial charge in [0.1, 0.15) is 11.7 Å². The van der Waals surface area contributed by atoms with Crippen molar-refractivity contribution in [3.05, 3.63) is 23.3 Å². The molecule has 3 fully saturated rings. The highest BCUT2D eigenvalue weighted by Gasteiger charge is 2.71. The van der Waals surface area contributed by atoms with Gasteiger partial charge in [0.15, 0.2) is 0 Å². The summed E-state index contributed by atoms with van der Waals surface area (Å²) >= 11 is 0. The molecule has 0 aromatic rings. The zero-order valence-corrected chi connectivity index (χ0v) is 21.9. The summed E-state index contributed by atoms with van der Waals surface area (Å²) in [6.45, 7) is 15.9. The van der Waals surface area contributed by atoms with Gasteiger partial charge in [-0.3, -0.25) is 0 Å². The fourth-order valence-corrected chi connectivity index (χ4v) is 8.62. The molecule has 10 atom stereocenters. The fraction of sp³-hybridized carbons (Fsp3) is 0.862. The van der Waals surface area contributed by atoms with Crippen LogP contribution in [0.15, 0.2) is 23.3 Å². The smallest absolute Gasteiger partial charge is 0.105 e. The van der Waals surface area contributed by atoms with Gasteiger partial charge in [-0.15, -0.1) is 0 Å². The van der Waals surface area contributed by atoms with Crippen LogP contribution in [0.2, 0.25) is 0 Å². The van der Waals surface area contributed by atoms with E-state index in [9.17, 15) is 20.4 Å². The van der Waals surface area contributed by atoms with Gasteiger partial charge < -0.3 is 20.4 Å². The van der Waals surface area contributed by atoms with E-state index >= 15 is 0 Å². The quantitative estimate of drug-likeness (QED) is 0.445. The van der Waals surface area contributed by atoms with Crippen LogP contribution in [-0.2, 0) is 0 Å². The minimum Gasteiger partial charge on any atom is -0.393 e. The van der Waals surface area contributed by atoms with Gasteiger partial charge in [0.05, 0.1) is 11.7 Å². The van der Waals surface area contributed by atoms with Crippen molar-refractivity contribution < 1.29 is 20.4 Å². The van der Waals surface area contributed by atoms with Crippen molar-refractivity contribution in [2.24, 2.45) is 40.4 Å². The molecule has 33 heavy (non-hydrogen) atoms. The summed E-state index contributed by atoms with van der Waals surface area (Å²) in [6, 6.07) is 0. The van der Waals surface area contributed by atoms with Gasteiger partial charge in [-0.05, 0) is 86.0 Å². The molecule has 0 aliphatic heterocycles. The van der Waals surface area contributed by atoms with E-state index in [1.807, 2.05) is 6.92 Å². The van der Waals surface area contributed by atoms with Crippen molar-refractivity contribution in [1.29, 1.82) is 0 Å². The first kappa shape index (κ1) is 25.4. The van der Waals surface area contributed by atoms with Gasteiger partial charge in [0, 0.05) is 11.8 Å². The Morgan fingerprint density at radius 3 is 2.30 bits per heavy atom. The highest BCUT2D eigenvalue weighted by molar-refractivity contribution is 5.40. The third-order valence-electron chi connectivity index (χ3n) is 11.4. The SMILES string of the molecule is C/C(=C\[C@@H](C)[C@H]1CC[C@H]2C3=C[C@@H](O)[C@@]4(O)C[C@@H](O)CC[C@]4(C)[C@@]3(O)CC[C@]12C)[C@H](C)C(C)C. The Hall–Kier alpha value is -0.680. The Bertz CT molecular complexity index is 831. The number of aliphatic hydroxyl groups excluding tert-OH is 2. The summed E-state index contributed by atoms with van der Waals surface area (Å²) in [6.07, 6.45) is 7.49.